The molecule has 3 heterocycles. The number of halogens is 1. The Kier molecular flexibility index (Phi) is 4.53. The minimum absolute atomic E-state index is 0.152. The third-order valence-electron chi connectivity index (χ3n) is 5.21. The van der Waals surface area contributed by atoms with E-state index in [2.05, 4.69) is 14.7 Å². The van der Waals surface area contributed by atoms with E-state index in [0.29, 0.717) is 13.0 Å². The maximum atomic E-state index is 14.0. The number of benzene rings is 1. The van der Waals surface area contributed by atoms with Gasteiger partial charge in [0.2, 0.25) is 5.91 Å². The Bertz CT molecular complexity index is 759. The van der Waals surface area contributed by atoms with Crippen molar-refractivity contribution < 1.29 is 9.18 Å². The molecule has 2 aliphatic heterocycles. The molecule has 132 valence electrons. The van der Waals surface area contributed by atoms with Crippen LogP contribution in [0.15, 0.2) is 36.5 Å². The molecule has 4 rings (SSSR count). The van der Waals surface area contributed by atoms with Gasteiger partial charge in [-0.3, -0.25) is 14.4 Å². The number of nitrogens with zero attached hydrogens (tertiary/aromatic N) is 4. The van der Waals surface area contributed by atoms with Gasteiger partial charge in [-0.2, -0.15) is 5.10 Å². The van der Waals surface area contributed by atoms with Crippen LogP contribution in [0.1, 0.15) is 36.6 Å². The van der Waals surface area contributed by atoms with Crippen LogP contribution in [0, 0.1) is 5.82 Å². The highest BCUT2D eigenvalue weighted by Crippen LogP contribution is 2.25. The summed E-state index contributed by atoms with van der Waals surface area (Å²) in [4.78, 5) is 16.1. The van der Waals surface area contributed by atoms with Crippen LogP contribution in [0.2, 0.25) is 0 Å². The predicted octanol–water partition coefficient (Wildman–Crippen LogP) is 2.59. The lowest BCUT2D eigenvalue weighted by atomic mass is 10.1. The number of fused-ring (bicyclic) bond motifs is 1. The molecule has 0 saturated carbocycles. The van der Waals surface area contributed by atoms with Gasteiger partial charge in [0, 0.05) is 50.9 Å². The van der Waals surface area contributed by atoms with E-state index in [1.165, 1.54) is 6.07 Å². The van der Waals surface area contributed by atoms with Crippen LogP contribution in [0.3, 0.4) is 0 Å². The van der Waals surface area contributed by atoms with Crippen molar-refractivity contribution in [2.45, 2.75) is 38.4 Å². The van der Waals surface area contributed by atoms with Crippen molar-refractivity contribution in [2.24, 2.45) is 0 Å². The topological polar surface area (TPSA) is 41.4 Å². The normalized spacial score (nSPS) is 20.9. The summed E-state index contributed by atoms with van der Waals surface area (Å²) in [5, 5.41) is 4.47. The molecule has 2 aliphatic rings. The largest absolute Gasteiger partial charge is 0.343 e. The van der Waals surface area contributed by atoms with Gasteiger partial charge >= 0.3 is 0 Å². The molecular formula is C19H23FN4O. The molecular weight excluding hydrogens is 319 g/mol. The molecule has 6 heteroatoms. The van der Waals surface area contributed by atoms with Gasteiger partial charge in [0.1, 0.15) is 5.82 Å². The van der Waals surface area contributed by atoms with Crippen LogP contribution in [0.25, 0.3) is 0 Å². The Hall–Kier alpha value is -2.21. The molecule has 0 radical (unpaired) electrons. The summed E-state index contributed by atoms with van der Waals surface area (Å²) in [6.07, 6.45) is 4.36. The lowest BCUT2D eigenvalue weighted by Crippen LogP contribution is -2.39. The van der Waals surface area contributed by atoms with Crippen molar-refractivity contribution in [1.82, 2.24) is 19.6 Å². The van der Waals surface area contributed by atoms with E-state index in [4.69, 9.17) is 0 Å². The highest BCUT2D eigenvalue weighted by molar-refractivity contribution is 5.77. The highest BCUT2D eigenvalue weighted by atomic mass is 19.1. The van der Waals surface area contributed by atoms with E-state index in [9.17, 15) is 9.18 Å². The molecule has 2 aromatic rings. The van der Waals surface area contributed by atoms with Crippen LogP contribution in [0.5, 0.6) is 0 Å². The maximum absolute atomic E-state index is 14.0. The molecule has 1 aromatic heterocycles. The van der Waals surface area contributed by atoms with Gasteiger partial charge in [-0.25, -0.2) is 4.39 Å². The summed E-state index contributed by atoms with van der Waals surface area (Å²) >= 11 is 0. The summed E-state index contributed by atoms with van der Waals surface area (Å²) in [5.41, 5.74) is 1.88. The van der Waals surface area contributed by atoms with Crippen molar-refractivity contribution in [3.63, 3.8) is 0 Å². The number of carbonyl (C=O) groups is 1. The van der Waals surface area contributed by atoms with Crippen molar-refractivity contribution in [3.05, 3.63) is 53.6 Å². The molecule has 0 aliphatic carbocycles. The first kappa shape index (κ1) is 16.3. The third-order valence-corrected chi connectivity index (χ3v) is 5.21. The fraction of sp³-hybridized carbons (Fsp3) is 0.474. The Balaban J connectivity index is 1.46. The second kappa shape index (κ2) is 6.96. The Morgan fingerprint density at radius 2 is 2.12 bits per heavy atom. The smallest absolute Gasteiger partial charge is 0.222 e. The van der Waals surface area contributed by atoms with E-state index in [1.54, 1.807) is 6.07 Å². The van der Waals surface area contributed by atoms with Crippen LogP contribution < -0.4 is 0 Å². The standard InChI is InChI=1S/C19H23FN4O/c20-18-5-2-1-4-15(18)12-22-13-16-7-9-21-24(16)17(14-22)8-11-23-10-3-6-19(23)25/h1-2,4-5,7,9,17H,3,6,8,10-14H2/t17-/m1/s1. The first-order valence-electron chi connectivity index (χ1n) is 8.96. The van der Waals surface area contributed by atoms with Crippen molar-refractivity contribution in [3.8, 4) is 0 Å². The summed E-state index contributed by atoms with van der Waals surface area (Å²) in [7, 11) is 0. The van der Waals surface area contributed by atoms with Crippen molar-refractivity contribution >= 4 is 5.91 Å². The van der Waals surface area contributed by atoms with Gasteiger partial charge in [-0.15, -0.1) is 0 Å². The van der Waals surface area contributed by atoms with Crippen LogP contribution in [0.4, 0.5) is 4.39 Å². The monoisotopic (exact) mass is 342 g/mol. The molecule has 1 saturated heterocycles. The van der Waals surface area contributed by atoms with Crippen LogP contribution >= 0.6 is 0 Å². The number of hydrogen-bond acceptors (Lipinski definition) is 3. The first-order chi connectivity index (χ1) is 12.2. The molecule has 1 fully saturated rings. The van der Waals surface area contributed by atoms with Gasteiger partial charge < -0.3 is 4.90 Å². The zero-order valence-electron chi connectivity index (χ0n) is 14.3. The summed E-state index contributed by atoms with van der Waals surface area (Å²) in [6.45, 7) is 3.84. The molecule has 25 heavy (non-hydrogen) atoms. The van der Waals surface area contributed by atoms with E-state index < -0.39 is 0 Å². The minimum Gasteiger partial charge on any atom is -0.343 e. The fourth-order valence-corrected chi connectivity index (χ4v) is 3.91. The van der Waals surface area contributed by atoms with Crippen molar-refractivity contribution in [2.75, 3.05) is 19.6 Å². The first-order valence-corrected chi connectivity index (χ1v) is 8.96. The zero-order valence-corrected chi connectivity index (χ0v) is 14.3. The molecule has 5 nitrogen and oxygen atoms in total. The molecule has 0 unspecified atom stereocenters. The van der Waals surface area contributed by atoms with Crippen LogP contribution in [-0.4, -0.2) is 45.1 Å². The molecule has 0 spiro atoms. The zero-order chi connectivity index (χ0) is 17.2. The number of amides is 1. The third kappa shape index (κ3) is 3.44. The number of likely N-dealkylation sites (tertiary alicyclic amines) is 1. The maximum Gasteiger partial charge on any atom is 0.222 e. The van der Waals surface area contributed by atoms with E-state index in [1.807, 2.05) is 29.3 Å². The summed E-state index contributed by atoms with van der Waals surface area (Å²) < 4.78 is 16.1. The Morgan fingerprint density at radius 1 is 1.24 bits per heavy atom. The van der Waals surface area contributed by atoms with Gasteiger partial charge in [-0.05, 0) is 25.0 Å². The summed E-state index contributed by atoms with van der Waals surface area (Å²) in [5.74, 6) is 0.112. The number of carbonyl (C=O) groups excluding carboxylic acids is 1. The minimum atomic E-state index is -0.152. The molecule has 1 atom stereocenters. The van der Waals surface area contributed by atoms with E-state index in [0.717, 1.165) is 50.3 Å². The van der Waals surface area contributed by atoms with Gasteiger partial charge in [0.05, 0.1) is 11.7 Å². The second-order valence-corrected chi connectivity index (χ2v) is 6.95. The second-order valence-electron chi connectivity index (χ2n) is 6.95. The lowest BCUT2D eigenvalue weighted by molar-refractivity contribution is -0.127. The van der Waals surface area contributed by atoms with Gasteiger partial charge in [0.25, 0.3) is 0 Å². The quantitative estimate of drug-likeness (QED) is 0.839. The summed E-state index contributed by atoms with van der Waals surface area (Å²) in [6, 6.07) is 9.21. The van der Waals surface area contributed by atoms with E-state index in [-0.39, 0.29) is 17.8 Å². The molecule has 0 N–H and O–H groups in total. The van der Waals surface area contributed by atoms with E-state index >= 15 is 0 Å². The average molecular weight is 342 g/mol. The van der Waals surface area contributed by atoms with Gasteiger partial charge in [-0.1, -0.05) is 18.2 Å². The van der Waals surface area contributed by atoms with Gasteiger partial charge in [0.15, 0.2) is 0 Å². The molecule has 1 amide bonds. The Labute approximate surface area is 147 Å². The predicted molar refractivity (Wildman–Crippen MR) is 92.2 cm³/mol. The van der Waals surface area contributed by atoms with Crippen LogP contribution in [-0.2, 0) is 17.9 Å². The highest BCUT2D eigenvalue weighted by Gasteiger charge is 2.28. The number of hydrogen-bond donors (Lipinski definition) is 0. The lowest BCUT2D eigenvalue weighted by Gasteiger charge is -2.34. The number of aromatic nitrogens is 2. The molecule has 1 aromatic carbocycles. The Morgan fingerprint density at radius 3 is 2.92 bits per heavy atom. The number of rotatable bonds is 5. The SMILES string of the molecule is O=C1CCCN1CC[C@@H]1CN(Cc2ccccc2F)Cc2ccnn21. The molecule has 0 bridgehead atoms. The average Bonchev–Trinajstić information content (AvgIpc) is 3.23. The fourth-order valence-electron chi connectivity index (χ4n) is 3.91. The van der Waals surface area contributed by atoms with Crippen molar-refractivity contribution in [1.29, 1.82) is 0 Å².